The zero-order valence-corrected chi connectivity index (χ0v) is 11.3. The second-order valence-electron chi connectivity index (χ2n) is 5.57. The highest BCUT2D eigenvalue weighted by molar-refractivity contribution is 5.99. The van der Waals surface area contributed by atoms with E-state index in [1.54, 1.807) is 7.11 Å². The molecule has 19 heavy (non-hydrogen) atoms. The number of ether oxygens (including phenoxy) is 1. The van der Waals surface area contributed by atoms with Gasteiger partial charge in [-0.15, -0.1) is 0 Å². The van der Waals surface area contributed by atoms with E-state index in [-0.39, 0.29) is 11.4 Å². The Hall–Kier alpha value is -1.71. The molecule has 0 saturated heterocycles. The van der Waals surface area contributed by atoms with Crippen LogP contribution in [0.2, 0.25) is 0 Å². The van der Waals surface area contributed by atoms with Gasteiger partial charge < -0.3 is 15.4 Å². The van der Waals surface area contributed by atoms with Crippen LogP contribution in [0.1, 0.15) is 38.5 Å². The largest absolute Gasteiger partial charge is 0.494 e. The van der Waals surface area contributed by atoms with Crippen LogP contribution < -0.4 is 15.4 Å². The summed E-state index contributed by atoms with van der Waals surface area (Å²) in [4.78, 5) is 12.2. The van der Waals surface area contributed by atoms with E-state index < -0.39 is 0 Å². The molecule has 2 N–H and O–H groups in total. The molecule has 1 saturated carbocycles. The molecule has 1 aromatic rings. The van der Waals surface area contributed by atoms with Crippen LogP contribution in [0.5, 0.6) is 5.75 Å². The van der Waals surface area contributed by atoms with Crippen LogP contribution in [0, 0.1) is 0 Å². The van der Waals surface area contributed by atoms with Gasteiger partial charge in [0.2, 0.25) is 5.91 Å². The SMILES string of the molecule is COc1cccc2c1NC(=O)CC1(CCCCC1)N2. The Morgan fingerprint density at radius 1 is 1.21 bits per heavy atom. The van der Waals surface area contributed by atoms with Crippen LogP contribution in [0.25, 0.3) is 0 Å². The molecule has 1 aliphatic heterocycles. The fourth-order valence-corrected chi connectivity index (χ4v) is 3.29. The van der Waals surface area contributed by atoms with E-state index in [2.05, 4.69) is 10.6 Å². The van der Waals surface area contributed by atoms with Gasteiger partial charge in [-0.05, 0) is 25.0 Å². The molecular weight excluding hydrogens is 240 g/mol. The predicted molar refractivity (Wildman–Crippen MR) is 75.7 cm³/mol. The molecule has 4 nitrogen and oxygen atoms in total. The van der Waals surface area contributed by atoms with Gasteiger partial charge in [-0.2, -0.15) is 0 Å². The number of methoxy groups -OCH3 is 1. The number of carbonyl (C=O) groups is 1. The smallest absolute Gasteiger partial charge is 0.226 e. The maximum Gasteiger partial charge on any atom is 0.226 e. The average molecular weight is 260 g/mol. The van der Waals surface area contributed by atoms with Crippen LogP contribution in [-0.2, 0) is 4.79 Å². The minimum atomic E-state index is -0.0695. The zero-order valence-electron chi connectivity index (χ0n) is 11.3. The summed E-state index contributed by atoms with van der Waals surface area (Å²) < 4.78 is 5.34. The first kappa shape index (κ1) is 12.3. The second-order valence-corrected chi connectivity index (χ2v) is 5.57. The number of hydrogen-bond acceptors (Lipinski definition) is 3. The predicted octanol–water partition coefficient (Wildman–Crippen LogP) is 3.15. The Bertz CT molecular complexity index is 493. The molecule has 3 rings (SSSR count). The number of fused-ring (bicyclic) bond motifs is 1. The van der Waals surface area contributed by atoms with E-state index >= 15 is 0 Å². The van der Waals surface area contributed by atoms with E-state index in [9.17, 15) is 4.79 Å². The maximum absolute atomic E-state index is 12.2. The van der Waals surface area contributed by atoms with E-state index in [0.717, 1.165) is 24.2 Å². The molecule has 0 bridgehead atoms. The minimum Gasteiger partial charge on any atom is -0.494 e. The molecule has 1 fully saturated rings. The summed E-state index contributed by atoms with van der Waals surface area (Å²) in [5, 5.41) is 6.60. The van der Waals surface area contributed by atoms with Gasteiger partial charge in [-0.3, -0.25) is 4.79 Å². The topological polar surface area (TPSA) is 50.4 Å². The molecule has 2 aliphatic rings. The third-order valence-electron chi connectivity index (χ3n) is 4.22. The zero-order chi connectivity index (χ0) is 13.3. The van der Waals surface area contributed by atoms with Gasteiger partial charge in [0.05, 0.1) is 12.8 Å². The van der Waals surface area contributed by atoms with Crippen molar-refractivity contribution in [2.75, 3.05) is 17.7 Å². The van der Waals surface area contributed by atoms with Crippen molar-refractivity contribution in [3.8, 4) is 5.75 Å². The first-order valence-corrected chi connectivity index (χ1v) is 6.97. The van der Waals surface area contributed by atoms with Crippen molar-refractivity contribution in [3.05, 3.63) is 18.2 Å². The molecule has 0 unspecified atom stereocenters. The molecule has 102 valence electrons. The van der Waals surface area contributed by atoms with Crippen molar-refractivity contribution in [2.45, 2.75) is 44.1 Å². The van der Waals surface area contributed by atoms with Crippen LogP contribution in [0.3, 0.4) is 0 Å². The van der Waals surface area contributed by atoms with Crippen LogP contribution in [0.15, 0.2) is 18.2 Å². The lowest BCUT2D eigenvalue weighted by Gasteiger charge is -2.37. The van der Waals surface area contributed by atoms with Gasteiger partial charge in [0.1, 0.15) is 11.4 Å². The van der Waals surface area contributed by atoms with Gasteiger partial charge >= 0.3 is 0 Å². The first-order chi connectivity index (χ1) is 9.22. The number of nitrogens with one attached hydrogen (secondary N) is 2. The Morgan fingerprint density at radius 2 is 2.00 bits per heavy atom. The van der Waals surface area contributed by atoms with Crippen LogP contribution in [-0.4, -0.2) is 18.6 Å². The maximum atomic E-state index is 12.2. The molecule has 1 heterocycles. The fourth-order valence-electron chi connectivity index (χ4n) is 3.29. The number of hydrogen-bond donors (Lipinski definition) is 2. The first-order valence-electron chi connectivity index (χ1n) is 6.97. The summed E-state index contributed by atoms with van der Waals surface area (Å²) in [7, 11) is 1.63. The van der Waals surface area contributed by atoms with Gasteiger partial charge in [-0.25, -0.2) is 0 Å². The molecule has 1 spiro atoms. The quantitative estimate of drug-likeness (QED) is 0.815. The summed E-state index contributed by atoms with van der Waals surface area (Å²) in [6.07, 6.45) is 6.34. The number of amides is 1. The molecule has 1 aromatic carbocycles. The van der Waals surface area contributed by atoms with Crippen molar-refractivity contribution in [1.29, 1.82) is 0 Å². The second kappa shape index (κ2) is 4.76. The minimum absolute atomic E-state index is 0.0695. The lowest BCUT2D eigenvalue weighted by molar-refractivity contribution is -0.117. The Kier molecular flexibility index (Phi) is 3.09. The summed E-state index contributed by atoms with van der Waals surface area (Å²) in [6, 6.07) is 5.85. The van der Waals surface area contributed by atoms with Gasteiger partial charge in [0, 0.05) is 12.0 Å². The summed E-state index contributed by atoms with van der Waals surface area (Å²) >= 11 is 0. The number of benzene rings is 1. The average Bonchev–Trinajstić information content (AvgIpc) is 2.54. The van der Waals surface area contributed by atoms with E-state index in [1.165, 1.54) is 19.3 Å². The number of anilines is 2. The summed E-state index contributed by atoms with van der Waals surface area (Å²) in [5.41, 5.74) is 1.68. The van der Waals surface area contributed by atoms with Crippen LogP contribution in [0.4, 0.5) is 11.4 Å². The number of rotatable bonds is 1. The summed E-state index contributed by atoms with van der Waals surface area (Å²) in [6.45, 7) is 0. The Morgan fingerprint density at radius 3 is 2.74 bits per heavy atom. The number of para-hydroxylation sites is 1. The molecular formula is C15H20N2O2. The highest BCUT2D eigenvalue weighted by Crippen LogP contribution is 2.42. The Labute approximate surface area is 113 Å². The Balaban J connectivity index is 2.00. The fraction of sp³-hybridized carbons (Fsp3) is 0.533. The van der Waals surface area contributed by atoms with Crippen molar-refractivity contribution >= 4 is 17.3 Å². The molecule has 1 aliphatic carbocycles. The van der Waals surface area contributed by atoms with Gasteiger partial charge in [0.25, 0.3) is 0 Å². The van der Waals surface area contributed by atoms with E-state index in [1.807, 2.05) is 18.2 Å². The number of carbonyl (C=O) groups excluding carboxylic acids is 1. The van der Waals surface area contributed by atoms with Crippen molar-refractivity contribution < 1.29 is 9.53 Å². The highest BCUT2D eigenvalue weighted by Gasteiger charge is 2.37. The van der Waals surface area contributed by atoms with E-state index in [4.69, 9.17) is 4.74 Å². The van der Waals surface area contributed by atoms with Crippen molar-refractivity contribution in [2.24, 2.45) is 0 Å². The van der Waals surface area contributed by atoms with Gasteiger partial charge in [0.15, 0.2) is 0 Å². The summed E-state index contributed by atoms with van der Waals surface area (Å²) in [5.74, 6) is 0.795. The third kappa shape index (κ3) is 2.27. The monoisotopic (exact) mass is 260 g/mol. The molecule has 0 aromatic heterocycles. The lowest BCUT2D eigenvalue weighted by Crippen LogP contribution is -2.41. The molecule has 4 heteroatoms. The standard InChI is InChI=1S/C15H20N2O2/c1-19-12-7-5-6-11-14(12)16-13(18)10-15(17-11)8-3-2-4-9-15/h5-7,17H,2-4,8-10H2,1H3,(H,16,18). The van der Waals surface area contributed by atoms with Crippen molar-refractivity contribution in [3.63, 3.8) is 0 Å². The molecule has 0 atom stereocenters. The van der Waals surface area contributed by atoms with Crippen molar-refractivity contribution in [1.82, 2.24) is 0 Å². The highest BCUT2D eigenvalue weighted by atomic mass is 16.5. The third-order valence-corrected chi connectivity index (χ3v) is 4.22. The van der Waals surface area contributed by atoms with E-state index in [0.29, 0.717) is 12.2 Å². The molecule has 0 radical (unpaired) electrons. The lowest BCUT2D eigenvalue weighted by atomic mass is 9.79. The van der Waals surface area contributed by atoms with Gasteiger partial charge in [-0.1, -0.05) is 25.3 Å². The van der Waals surface area contributed by atoms with Crippen LogP contribution >= 0.6 is 0 Å². The normalized spacial score (nSPS) is 21.0. The molecule has 1 amide bonds.